The second-order valence-corrected chi connectivity index (χ2v) is 7.41. The Morgan fingerprint density at radius 2 is 1.94 bits per heavy atom. The van der Waals surface area contributed by atoms with Crippen LogP contribution in [0.4, 0.5) is 14.7 Å². The Hall–Kier alpha value is -2.97. The van der Waals surface area contributed by atoms with Gasteiger partial charge in [0.05, 0.1) is 17.8 Å². The van der Waals surface area contributed by atoms with E-state index in [4.69, 9.17) is 4.84 Å². The number of rotatable bonds is 8. The molecule has 1 N–H and O–H groups in total. The number of fused-ring (bicyclic) bond motifs is 1. The quantitative estimate of drug-likeness (QED) is 0.691. The molecule has 1 aromatic heterocycles. The molecule has 168 valence electrons. The standard InChI is InChI=1S/C22H28F2N4O3/c1-4-19(29)27-12-11-18-17(14-27)20(30)28(31-6-3)21(26-18)25-13-15-7-9-16(10-8-15)22(23,24)5-2/h7-10H,4-6,11-14H2,1-3H3,(H,25,26). The molecule has 1 aromatic carbocycles. The zero-order valence-electron chi connectivity index (χ0n) is 18.1. The number of carbonyl (C=O) groups is 1. The Labute approximate surface area is 180 Å². The van der Waals surface area contributed by atoms with Crippen molar-refractivity contribution in [3.05, 3.63) is 57.0 Å². The van der Waals surface area contributed by atoms with Crippen molar-refractivity contribution < 1.29 is 18.4 Å². The molecule has 9 heteroatoms. The van der Waals surface area contributed by atoms with Gasteiger partial charge in [-0.15, -0.1) is 4.73 Å². The summed E-state index contributed by atoms with van der Waals surface area (Å²) in [6, 6.07) is 6.08. The topological polar surface area (TPSA) is 76.5 Å². The lowest BCUT2D eigenvalue weighted by molar-refractivity contribution is -0.131. The van der Waals surface area contributed by atoms with Crippen molar-refractivity contribution in [2.75, 3.05) is 18.5 Å². The van der Waals surface area contributed by atoms with E-state index >= 15 is 0 Å². The number of anilines is 1. The maximum absolute atomic E-state index is 13.8. The molecule has 0 saturated heterocycles. The number of alkyl halides is 2. The van der Waals surface area contributed by atoms with Crippen molar-refractivity contribution in [1.29, 1.82) is 0 Å². The molecule has 2 heterocycles. The molecule has 0 radical (unpaired) electrons. The highest BCUT2D eigenvalue weighted by Gasteiger charge is 2.29. The van der Waals surface area contributed by atoms with Crippen molar-refractivity contribution in [2.45, 2.75) is 59.0 Å². The zero-order chi connectivity index (χ0) is 22.6. The lowest BCUT2D eigenvalue weighted by Crippen LogP contribution is -2.42. The molecule has 2 aromatic rings. The predicted octanol–water partition coefficient (Wildman–Crippen LogP) is 3.10. The van der Waals surface area contributed by atoms with Crippen LogP contribution in [-0.2, 0) is 30.2 Å². The third-order valence-corrected chi connectivity index (χ3v) is 5.38. The fraction of sp³-hybridized carbons (Fsp3) is 0.500. The van der Waals surface area contributed by atoms with Gasteiger partial charge in [0.2, 0.25) is 11.9 Å². The molecule has 0 spiro atoms. The van der Waals surface area contributed by atoms with Crippen LogP contribution in [0.1, 0.15) is 56.0 Å². The van der Waals surface area contributed by atoms with E-state index in [9.17, 15) is 18.4 Å². The third-order valence-electron chi connectivity index (χ3n) is 5.38. The predicted molar refractivity (Wildman–Crippen MR) is 113 cm³/mol. The van der Waals surface area contributed by atoms with Crippen molar-refractivity contribution in [2.24, 2.45) is 0 Å². The summed E-state index contributed by atoms with van der Waals surface area (Å²) >= 11 is 0. The van der Waals surface area contributed by atoms with Gasteiger partial charge < -0.3 is 15.1 Å². The number of hydrogen-bond acceptors (Lipinski definition) is 5. The van der Waals surface area contributed by atoms with Gasteiger partial charge in [-0.05, 0) is 12.5 Å². The van der Waals surface area contributed by atoms with Crippen molar-refractivity contribution in [3.63, 3.8) is 0 Å². The van der Waals surface area contributed by atoms with Crippen LogP contribution >= 0.6 is 0 Å². The molecule has 1 aliphatic rings. The molecule has 1 amide bonds. The highest BCUT2D eigenvalue weighted by Crippen LogP contribution is 2.31. The van der Waals surface area contributed by atoms with Crippen LogP contribution in [0.2, 0.25) is 0 Å². The Bertz CT molecular complexity index is 989. The van der Waals surface area contributed by atoms with E-state index in [-0.39, 0.29) is 49.1 Å². The van der Waals surface area contributed by atoms with E-state index in [0.717, 1.165) is 10.3 Å². The third kappa shape index (κ3) is 4.86. The summed E-state index contributed by atoms with van der Waals surface area (Å²) in [6.45, 7) is 6.27. The molecule has 0 unspecified atom stereocenters. The Morgan fingerprint density at radius 1 is 1.23 bits per heavy atom. The van der Waals surface area contributed by atoms with Gasteiger partial charge in [0.15, 0.2) is 0 Å². The molecule has 0 fully saturated rings. The number of aromatic nitrogens is 2. The summed E-state index contributed by atoms with van der Waals surface area (Å²) in [5.74, 6) is -2.61. The maximum Gasteiger partial charge on any atom is 0.293 e. The summed E-state index contributed by atoms with van der Waals surface area (Å²) in [5.41, 5.74) is 1.49. The summed E-state index contributed by atoms with van der Waals surface area (Å²) in [4.78, 5) is 36.8. The molecular weight excluding hydrogens is 406 g/mol. The largest absolute Gasteiger partial charge is 0.408 e. The number of amides is 1. The molecule has 3 rings (SSSR count). The minimum absolute atomic E-state index is 0.00712. The monoisotopic (exact) mass is 434 g/mol. The van der Waals surface area contributed by atoms with Crippen LogP contribution in [0.15, 0.2) is 29.1 Å². The van der Waals surface area contributed by atoms with Gasteiger partial charge in [-0.1, -0.05) is 38.1 Å². The minimum atomic E-state index is -2.85. The second-order valence-electron chi connectivity index (χ2n) is 7.41. The van der Waals surface area contributed by atoms with E-state index in [1.165, 1.54) is 19.1 Å². The molecule has 7 nitrogen and oxygen atoms in total. The number of halogens is 2. The van der Waals surface area contributed by atoms with E-state index < -0.39 is 5.92 Å². The normalized spacial score (nSPS) is 13.6. The summed E-state index contributed by atoms with van der Waals surface area (Å²) < 4.78 is 28.7. The van der Waals surface area contributed by atoms with Crippen LogP contribution in [-0.4, -0.2) is 33.7 Å². The minimum Gasteiger partial charge on any atom is -0.408 e. The van der Waals surface area contributed by atoms with Gasteiger partial charge in [-0.2, -0.15) is 0 Å². The van der Waals surface area contributed by atoms with Crippen LogP contribution in [0, 0.1) is 0 Å². The van der Waals surface area contributed by atoms with Crippen LogP contribution in [0.25, 0.3) is 0 Å². The molecule has 0 saturated carbocycles. The van der Waals surface area contributed by atoms with E-state index in [2.05, 4.69) is 10.3 Å². The smallest absolute Gasteiger partial charge is 0.293 e. The Morgan fingerprint density at radius 3 is 2.55 bits per heavy atom. The van der Waals surface area contributed by atoms with Gasteiger partial charge >= 0.3 is 0 Å². The average Bonchev–Trinajstić information content (AvgIpc) is 2.79. The fourth-order valence-corrected chi connectivity index (χ4v) is 3.51. The first-order chi connectivity index (χ1) is 14.8. The van der Waals surface area contributed by atoms with E-state index in [1.807, 2.05) is 0 Å². The first-order valence-corrected chi connectivity index (χ1v) is 10.6. The van der Waals surface area contributed by atoms with Gasteiger partial charge in [0.25, 0.3) is 11.5 Å². The van der Waals surface area contributed by atoms with Gasteiger partial charge in [0.1, 0.15) is 6.61 Å². The molecule has 0 aliphatic carbocycles. The second kappa shape index (κ2) is 9.45. The molecule has 1 aliphatic heterocycles. The molecule has 0 atom stereocenters. The molecule has 31 heavy (non-hydrogen) atoms. The lowest BCUT2D eigenvalue weighted by Gasteiger charge is -2.28. The van der Waals surface area contributed by atoms with Crippen molar-refractivity contribution >= 4 is 11.9 Å². The number of carbonyl (C=O) groups excluding carboxylic acids is 1. The Kier molecular flexibility index (Phi) is 6.92. The summed E-state index contributed by atoms with van der Waals surface area (Å²) in [5, 5.41) is 3.08. The SMILES string of the molecule is CCOn1c(NCc2ccc(C(F)(F)CC)cc2)nc2c(c1=O)CN(C(=O)CC)CC2. The zero-order valence-corrected chi connectivity index (χ0v) is 18.1. The highest BCUT2D eigenvalue weighted by molar-refractivity contribution is 5.76. The maximum atomic E-state index is 13.8. The number of nitrogens with zero attached hydrogens (tertiary/aromatic N) is 3. The number of hydrogen-bond donors (Lipinski definition) is 1. The average molecular weight is 434 g/mol. The van der Waals surface area contributed by atoms with Gasteiger partial charge in [0, 0.05) is 37.9 Å². The Balaban J connectivity index is 1.82. The first-order valence-electron chi connectivity index (χ1n) is 10.6. The van der Waals surface area contributed by atoms with Crippen LogP contribution in [0.5, 0.6) is 0 Å². The van der Waals surface area contributed by atoms with Gasteiger partial charge in [-0.3, -0.25) is 9.59 Å². The van der Waals surface area contributed by atoms with Gasteiger partial charge in [-0.25, -0.2) is 13.8 Å². The van der Waals surface area contributed by atoms with Crippen LogP contribution in [0.3, 0.4) is 0 Å². The fourth-order valence-electron chi connectivity index (χ4n) is 3.51. The lowest BCUT2D eigenvalue weighted by atomic mass is 10.0. The summed E-state index contributed by atoms with van der Waals surface area (Å²) in [6.07, 6.45) is 0.606. The van der Waals surface area contributed by atoms with E-state index in [1.54, 1.807) is 30.9 Å². The van der Waals surface area contributed by atoms with E-state index in [0.29, 0.717) is 30.6 Å². The van der Waals surface area contributed by atoms with Crippen LogP contribution < -0.4 is 15.7 Å². The molecule has 0 bridgehead atoms. The molecular formula is C22H28F2N4O3. The van der Waals surface area contributed by atoms with Crippen molar-refractivity contribution in [3.8, 4) is 0 Å². The number of benzene rings is 1. The summed E-state index contributed by atoms with van der Waals surface area (Å²) in [7, 11) is 0. The highest BCUT2D eigenvalue weighted by atomic mass is 19.3. The number of nitrogens with one attached hydrogen (secondary N) is 1. The van der Waals surface area contributed by atoms with Crippen molar-refractivity contribution in [1.82, 2.24) is 14.6 Å². The first kappa shape index (κ1) is 22.7.